The monoisotopic (exact) mass is 253 g/mol. The molecule has 0 aliphatic carbocycles. The van der Waals surface area contributed by atoms with E-state index in [-0.39, 0.29) is 5.70 Å². The fraction of sp³-hybridized carbons (Fsp3) is 0.714. The second kappa shape index (κ2) is 12.0. The summed E-state index contributed by atoms with van der Waals surface area (Å²) in [6.07, 6.45) is 9.89. The van der Waals surface area contributed by atoms with E-state index in [1.165, 1.54) is 32.1 Å². The summed E-state index contributed by atoms with van der Waals surface area (Å²) in [6, 6.07) is 0. The van der Waals surface area contributed by atoms with Crippen LogP contribution in [0.3, 0.4) is 0 Å². The van der Waals surface area contributed by atoms with E-state index >= 15 is 0 Å². The molecule has 4 nitrogen and oxygen atoms in total. The summed E-state index contributed by atoms with van der Waals surface area (Å²) in [5, 5.41) is 8.56. The molecule has 1 N–H and O–H groups in total. The molecular weight excluding hydrogens is 230 g/mol. The van der Waals surface area contributed by atoms with Crippen LogP contribution in [0.15, 0.2) is 12.0 Å². The van der Waals surface area contributed by atoms with Gasteiger partial charge < -0.3 is 9.84 Å². The first-order chi connectivity index (χ1) is 8.76. The summed E-state index contributed by atoms with van der Waals surface area (Å²) in [6.45, 7) is 9.13. The number of unbranched alkanes of at least 4 members (excludes halogenated alkanes) is 7. The summed E-state index contributed by atoms with van der Waals surface area (Å²) in [5.41, 5.74) is -0.366. The molecule has 0 unspecified atom stereocenters. The van der Waals surface area contributed by atoms with Crippen LogP contribution in [-0.2, 0) is 9.53 Å². The zero-order valence-corrected chi connectivity index (χ0v) is 11.2. The van der Waals surface area contributed by atoms with Gasteiger partial charge in [0.1, 0.15) is 0 Å². The van der Waals surface area contributed by atoms with Gasteiger partial charge in [-0.3, -0.25) is 4.79 Å². The Balaban J connectivity index is 3.36. The first-order valence-electron chi connectivity index (χ1n) is 6.65. The minimum absolute atomic E-state index is 0.320. The van der Waals surface area contributed by atoms with E-state index in [0.29, 0.717) is 12.9 Å². The Labute approximate surface area is 109 Å². The number of ether oxygens (including phenoxy) is 1. The normalized spacial score (nSPS) is 11.0. The topological polar surface area (TPSA) is 50.9 Å². The molecule has 0 aromatic rings. The van der Waals surface area contributed by atoms with Crippen LogP contribution < -0.4 is 0 Å². The van der Waals surface area contributed by atoms with Crippen molar-refractivity contribution in [1.82, 2.24) is 0 Å². The van der Waals surface area contributed by atoms with Crippen molar-refractivity contribution >= 4 is 5.97 Å². The van der Waals surface area contributed by atoms with Crippen LogP contribution in [0.2, 0.25) is 0 Å². The van der Waals surface area contributed by atoms with Crippen LogP contribution in [0.5, 0.6) is 0 Å². The maximum absolute atomic E-state index is 11.1. The lowest BCUT2D eigenvalue weighted by Crippen LogP contribution is -2.07. The molecule has 0 atom stereocenters. The molecule has 0 radical (unpaired) electrons. The summed E-state index contributed by atoms with van der Waals surface area (Å²) >= 11 is 0. The highest BCUT2D eigenvalue weighted by Gasteiger charge is 2.10. The van der Waals surface area contributed by atoms with E-state index < -0.39 is 5.97 Å². The van der Waals surface area contributed by atoms with Crippen LogP contribution >= 0.6 is 0 Å². The third kappa shape index (κ3) is 8.63. The van der Waals surface area contributed by atoms with E-state index in [9.17, 15) is 4.79 Å². The SMILES string of the molecule is [C-]#[N+]C(=CO)C(=O)OCCCCCCCCCC. The third-order valence-corrected chi connectivity index (χ3v) is 2.68. The molecule has 4 heteroatoms. The van der Waals surface area contributed by atoms with Crippen molar-refractivity contribution in [3.05, 3.63) is 23.4 Å². The number of rotatable bonds is 10. The highest BCUT2D eigenvalue weighted by Crippen LogP contribution is 2.08. The standard InChI is InChI=1S/C14H23NO3/c1-3-4-5-6-7-8-9-10-11-18-14(17)13(12-16)15-2/h12,16H,3-11H2,1H3. The van der Waals surface area contributed by atoms with Gasteiger partial charge in [-0.2, -0.15) is 0 Å². The van der Waals surface area contributed by atoms with Gasteiger partial charge in [0.25, 0.3) is 0 Å². The van der Waals surface area contributed by atoms with E-state index in [0.717, 1.165) is 19.3 Å². The minimum atomic E-state index is -0.740. The van der Waals surface area contributed by atoms with Crippen molar-refractivity contribution in [3.63, 3.8) is 0 Å². The van der Waals surface area contributed by atoms with Gasteiger partial charge in [0.2, 0.25) is 0 Å². The molecule has 0 heterocycles. The Morgan fingerprint density at radius 3 is 2.22 bits per heavy atom. The highest BCUT2D eigenvalue weighted by molar-refractivity contribution is 5.89. The first-order valence-corrected chi connectivity index (χ1v) is 6.65. The van der Waals surface area contributed by atoms with Crippen LogP contribution in [0.1, 0.15) is 58.3 Å². The fourth-order valence-electron chi connectivity index (χ4n) is 1.60. The predicted molar refractivity (Wildman–Crippen MR) is 70.9 cm³/mol. The van der Waals surface area contributed by atoms with Crippen molar-refractivity contribution in [3.8, 4) is 0 Å². The molecule has 0 fully saturated rings. The number of carbonyl (C=O) groups is 1. The Morgan fingerprint density at radius 1 is 1.17 bits per heavy atom. The molecule has 0 aromatic carbocycles. The molecule has 0 bridgehead atoms. The first kappa shape index (κ1) is 16.5. The molecule has 0 aromatic heterocycles. The second-order valence-corrected chi connectivity index (χ2v) is 4.24. The highest BCUT2D eigenvalue weighted by atomic mass is 16.5. The summed E-state index contributed by atoms with van der Waals surface area (Å²) in [5.74, 6) is -0.740. The number of esters is 1. The molecule has 0 amide bonds. The lowest BCUT2D eigenvalue weighted by molar-refractivity contribution is -0.138. The molecule has 0 rings (SSSR count). The summed E-state index contributed by atoms with van der Waals surface area (Å²) in [7, 11) is 0. The Bertz CT molecular complexity index is 292. The number of aliphatic hydroxyl groups is 1. The van der Waals surface area contributed by atoms with Crippen LogP contribution in [0.4, 0.5) is 0 Å². The number of aliphatic hydroxyl groups excluding tert-OH is 1. The van der Waals surface area contributed by atoms with Crippen molar-refractivity contribution in [2.75, 3.05) is 6.61 Å². The number of carbonyl (C=O) groups excluding carboxylic acids is 1. The Hall–Kier alpha value is -1.50. The summed E-state index contributed by atoms with van der Waals surface area (Å²) in [4.78, 5) is 14.0. The Kier molecular flexibility index (Phi) is 11.0. The van der Waals surface area contributed by atoms with Gasteiger partial charge in [-0.05, 0) is 6.42 Å². The van der Waals surface area contributed by atoms with E-state index in [4.69, 9.17) is 16.4 Å². The van der Waals surface area contributed by atoms with Crippen molar-refractivity contribution in [2.24, 2.45) is 0 Å². The van der Waals surface area contributed by atoms with Crippen molar-refractivity contribution in [1.29, 1.82) is 0 Å². The van der Waals surface area contributed by atoms with Crippen molar-refractivity contribution < 1.29 is 14.6 Å². The van der Waals surface area contributed by atoms with Gasteiger partial charge in [-0.15, -0.1) is 0 Å². The minimum Gasteiger partial charge on any atom is -0.526 e. The lowest BCUT2D eigenvalue weighted by Gasteiger charge is -2.03. The molecule has 102 valence electrons. The second-order valence-electron chi connectivity index (χ2n) is 4.24. The van der Waals surface area contributed by atoms with Gasteiger partial charge in [-0.25, -0.2) is 4.85 Å². The average molecular weight is 253 g/mol. The van der Waals surface area contributed by atoms with E-state index in [1.54, 1.807) is 0 Å². The number of hydrogen-bond donors (Lipinski definition) is 1. The molecule has 0 saturated heterocycles. The molecule has 0 aliphatic heterocycles. The zero-order valence-electron chi connectivity index (χ0n) is 11.2. The maximum Gasteiger partial charge on any atom is 0.339 e. The van der Waals surface area contributed by atoms with Gasteiger partial charge in [0, 0.05) is 0 Å². The molecule has 0 aliphatic rings. The van der Waals surface area contributed by atoms with Gasteiger partial charge in [0.05, 0.1) is 19.4 Å². The Morgan fingerprint density at radius 2 is 1.72 bits per heavy atom. The third-order valence-electron chi connectivity index (χ3n) is 2.68. The maximum atomic E-state index is 11.1. The quantitative estimate of drug-likeness (QED) is 0.210. The molecule has 18 heavy (non-hydrogen) atoms. The van der Waals surface area contributed by atoms with Gasteiger partial charge in [0.15, 0.2) is 0 Å². The fourth-order valence-corrected chi connectivity index (χ4v) is 1.60. The van der Waals surface area contributed by atoms with Crippen LogP contribution in [0, 0.1) is 6.57 Å². The van der Waals surface area contributed by atoms with E-state index in [1.807, 2.05) is 0 Å². The smallest absolute Gasteiger partial charge is 0.339 e. The summed E-state index contributed by atoms with van der Waals surface area (Å²) < 4.78 is 4.85. The lowest BCUT2D eigenvalue weighted by atomic mass is 10.1. The number of nitrogens with zero attached hydrogens (tertiary/aromatic N) is 1. The van der Waals surface area contributed by atoms with Crippen LogP contribution in [0.25, 0.3) is 4.85 Å². The largest absolute Gasteiger partial charge is 0.526 e. The van der Waals surface area contributed by atoms with Crippen molar-refractivity contribution in [2.45, 2.75) is 58.3 Å². The average Bonchev–Trinajstić information content (AvgIpc) is 2.38. The van der Waals surface area contributed by atoms with Gasteiger partial charge >= 0.3 is 11.7 Å². The molecule has 0 saturated carbocycles. The predicted octanol–water partition coefficient (Wildman–Crippen LogP) is 3.99. The molecular formula is C14H23NO3. The van der Waals surface area contributed by atoms with Gasteiger partial charge in [-0.1, -0.05) is 51.9 Å². The zero-order chi connectivity index (χ0) is 13.6. The number of hydrogen-bond acceptors (Lipinski definition) is 3. The van der Waals surface area contributed by atoms with Crippen LogP contribution in [-0.4, -0.2) is 17.7 Å². The molecule has 0 spiro atoms. The van der Waals surface area contributed by atoms with E-state index in [2.05, 4.69) is 11.8 Å².